The molecule has 1 aromatic carbocycles. The normalized spacial score (nSPS) is 22.8. The van der Waals surface area contributed by atoms with Crippen molar-refractivity contribution >= 4 is 17.6 Å². The molecule has 1 heterocycles. The Labute approximate surface area is 147 Å². The van der Waals surface area contributed by atoms with Crippen molar-refractivity contribution in [3.63, 3.8) is 0 Å². The second-order valence-corrected chi connectivity index (χ2v) is 5.83. The van der Waals surface area contributed by atoms with E-state index in [-0.39, 0.29) is 18.9 Å². The zero-order valence-electron chi connectivity index (χ0n) is 14.9. The third-order valence-corrected chi connectivity index (χ3v) is 4.10. The van der Waals surface area contributed by atoms with Crippen LogP contribution in [0.25, 0.3) is 0 Å². The van der Waals surface area contributed by atoms with Crippen molar-refractivity contribution < 1.29 is 23.8 Å². The number of hydrogen-bond donors (Lipinski definition) is 0. The molecule has 0 aromatic heterocycles. The fourth-order valence-corrected chi connectivity index (χ4v) is 2.75. The Bertz CT molecular complexity index is 629. The lowest BCUT2D eigenvalue weighted by Crippen LogP contribution is -2.43. The quantitative estimate of drug-likeness (QED) is 0.527. The van der Waals surface area contributed by atoms with Gasteiger partial charge < -0.3 is 14.2 Å². The summed E-state index contributed by atoms with van der Waals surface area (Å²) in [5, 5.41) is 8.27. The molecule has 0 aliphatic carbocycles. The third kappa shape index (κ3) is 4.35. The average Bonchev–Trinajstić information content (AvgIpc) is 2.95. The summed E-state index contributed by atoms with van der Waals surface area (Å²) >= 11 is 0. The second-order valence-electron chi connectivity index (χ2n) is 5.83. The van der Waals surface area contributed by atoms with Crippen LogP contribution in [0.1, 0.15) is 39.5 Å². The predicted octanol–water partition coefficient (Wildman–Crippen LogP) is 3.79. The Morgan fingerprint density at radius 2 is 2.04 bits per heavy atom. The number of methoxy groups -OCH3 is 1. The molecular weight excluding hydrogens is 324 g/mol. The maximum Gasteiger partial charge on any atom is 0.376 e. The molecule has 136 valence electrons. The maximum atomic E-state index is 12.5. The summed E-state index contributed by atoms with van der Waals surface area (Å²) in [7, 11) is 1.57. The highest BCUT2D eigenvalue weighted by Crippen LogP contribution is 2.40. The van der Waals surface area contributed by atoms with Crippen LogP contribution in [0.4, 0.5) is 5.69 Å². The van der Waals surface area contributed by atoms with E-state index in [0.717, 1.165) is 12.8 Å². The van der Waals surface area contributed by atoms with Crippen LogP contribution in [0.5, 0.6) is 5.75 Å². The second kappa shape index (κ2) is 8.60. The number of cyclic esters (lactones) is 1. The molecule has 0 saturated carbocycles. The molecular formula is C18H24N2O5. The number of hydrogen-bond acceptors (Lipinski definition) is 7. The summed E-state index contributed by atoms with van der Waals surface area (Å²) in [5.74, 6) is -0.810. The zero-order valence-corrected chi connectivity index (χ0v) is 14.9. The van der Waals surface area contributed by atoms with E-state index >= 15 is 0 Å². The Kier molecular flexibility index (Phi) is 6.50. The highest BCUT2D eigenvalue weighted by Gasteiger charge is 2.57. The number of carbonyl (C=O) groups excluding carboxylic acids is 2. The first-order valence-electron chi connectivity index (χ1n) is 8.51. The van der Waals surface area contributed by atoms with Crippen molar-refractivity contribution in [2.24, 2.45) is 16.1 Å². The molecule has 1 aliphatic rings. The van der Waals surface area contributed by atoms with Gasteiger partial charge in [-0.2, -0.15) is 5.11 Å². The summed E-state index contributed by atoms with van der Waals surface area (Å²) in [6.45, 7) is 3.92. The topological polar surface area (TPSA) is 86.5 Å². The van der Waals surface area contributed by atoms with Gasteiger partial charge in [0, 0.05) is 5.92 Å². The summed E-state index contributed by atoms with van der Waals surface area (Å²) in [6.07, 6.45) is 2.59. The highest BCUT2D eigenvalue weighted by atomic mass is 16.6. The van der Waals surface area contributed by atoms with E-state index in [1.54, 1.807) is 38.3 Å². The first-order chi connectivity index (χ1) is 12.1. The largest absolute Gasteiger partial charge is 0.497 e. The van der Waals surface area contributed by atoms with E-state index in [2.05, 4.69) is 10.2 Å². The lowest BCUT2D eigenvalue weighted by Gasteiger charge is -2.25. The number of esters is 2. The number of nitrogens with zero attached hydrogens (tertiary/aromatic N) is 2. The van der Waals surface area contributed by atoms with Crippen LogP contribution < -0.4 is 4.74 Å². The summed E-state index contributed by atoms with van der Waals surface area (Å²) in [6, 6.07) is 6.89. The number of ether oxygens (including phenoxy) is 3. The van der Waals surface area contributed by atoms with Crippen molar-refractivity contribution in [3.05, 3.63) is 24.3 Å². The Balaban J connectivity index is 2.31. The first-order valence-corrected chi connectivity index (χ1v) is 8.51. The van der Waals surface area contributed by atoms with Crippen LogP contribution in [0.15, 0.2) is 34.5 Å². The Morgan fingerprint density at radius 1 is 1.32 bits per heavy atom. The molecule has 0 spiro atoms. The number of rotatable bonds is 8. The van der Waals surface area contributed by atoms with Gasteiger partial charge >= 0.3 is 17.7 Å². The van der Waals surface area contributed by atoms with Gasteiger partial charge in [0.1, 0.15) is 5.75 Å². The Morgan fingerprint density at radius 3 is 2.64 bits per heavy atom. The van der Waals surface area contributed by atoms with E-state index in [9.17, 15) is 9.59 Å². The molecule has 1 aromatic rings. The first kappa shape index (κ1) is 18.9. The number of carbonyl (C=O) groups is 2. The molecule has 1 fully saturated rings. The molecule has 25 heavy (non-hydrogen) atoms. The van der Waals surface area contributed by atoms with Gasteiger partial charge in [-0.3, -0.25) is 4.79 Å². The third-order valence-electron chi connectivity index (χ3n) is 4.10. The lowest BCUT2D eigenvalue weighted by molar-refractivity contribution is -0.177. The molecule has 2 atom stereocenters. The van der Waals surface area contributed by atoms with Gasteiger partial charge in [0.15, 0.2) is 0 Å². The number of benzene rings is 1. The number of unbranched alkanes of at least 4 members (excludes halogenated alkanes) is 1. The van der Waals surface area contributed by atoms with Crippen LogP contribution >= 0.6 is 0 Å². The van der Waals surface area contributed by atoms with Gasteiger partial charge in [-0.1, -0.05) is 19.8 Å². The monoisotopic (exact) mass is 348 g/mol. The molecule has 2 rings (SSSR count). The summed E-state index contributed by atoms with van der Waals surface area (Å²) in [5.41, 5.74) is -1.16. The van der Waals surface area contributed by atoms with Crippen molar-refractivity contribution in [1.29, 1.82) is 0 Å². The van der Waals surface area contributed by atoms with Crippen LogP contribution in [0.2, 0.25) is 0 Å². The molecule has 7 heteroatoms. The molecule has 1 unspecified atom stereocenters. The molecule has 0 bridgehead atoms. The predicted molar refractivity (Wildman–Crippen MR) is 90.6 cm³/mol. The van der Waals surface area contributed by atoms with Crippen molar-refractivity contribution in [2.45, 2.75) is 45.3 Å². The van der Waals surface area contributed by atoms with Crippen molar-refractivity contribution in [3.8, 4) is 5.75 Å². The number of azo groups is 1. The fraction of sp³-hybridized carbons (Fsp3) is 0.556. The molecule has 1 saturated heterocycles. The maximum absolute atomic E-state index is 12.5. The zero-order chi connectivity index (χ0) is 18.3. The van der Waals surface area contributed by atoms with Gasteiger partial charge in [0.2, 0.25) is 0 Å². The lowest BCUT2D eigenvalue weighted by atomic mass is 9.90. The van der Waals surface area contributed by atoms with Gasteiger partial charge in [-0.15, -0.1) is 5.11 Å². The minimum absolute atomic E-state index is 0.139. The van der Waals surface area contributed by atoms with Crippen LogP contribution in [0.3, 0.4) is 0 Å². The fourth-order valence-electron chi connectivity index (χ4n) is 2.75. The smallest absolute Gasteiger partial charge is 0.376 e. The molecule has 0 amide bonds. The SMILES string of the molecule is CCCC[C@H]1CC(=O)OC1(N=Nc1ccc(OC)cc1)C(=O)OCC. The summed E-state index contributed by atoms with van der Waals surface area (Å²) in [4.78, 5) is 24.4. The highest BCUT2D eigenvalue weighted by molar-refractivity contribution is 5.87. The Hall–Kier alpha value is -2.44. The minimum Gasteiger partial charge on any atom is -0.497 e. The van der Waals surface area contributed by atoms with Crippen LogP contribution in [-0.2, 0) is 19.1 Å². The van der Waals surface area contributed by atoms with E-state index < -0.39 is 17.7 Å². The van der Waals surface area contributed by atoms with Gasteiger partial charge in [0.25, 0.3) is 0 Å². The standard InChI is InChI=1S/C18H24N2O5/c1-4-6-7-13-12-16(21)25-18(13,17(22)24-5-2)20-19-14-8-10-15(23-3)11-9-14/h8-11,13H,4-7,12H2,1-3H3/t13-,18?/m0/s1. The van der Waals surface area contributed by atoms with E-state index in [1.165, 1.54) is 0 Å². The molecule has 0 N–H and O–H groups in total. The van der Waals surface area contributed by atoms with E-state index in [0.29, 0.717) is 17.9 Å². The van der Waals surface area contributed by atoms with Crippen molar-refractivity contribution in [1.82, 2.24) is 0 Å². The minimum atomic E-state index is -1.69. The van der Waals surface area contributed by atoms with Crippen LogP contribution in [0, 0.1) is 5.92 Å². The van der Waals surface area contributed by atoms with Gasteiger partial charge in [0.05, 0.1) is 25.8 Å². The molecule has 0 radical (unpaired) electrons. The van der Waals surface area contributed by atoms with Gasteiger partial charge in [-0.05, 0) is 37.6 Å². The van der Waals surface area contributed by atoms with Crippen LogP contribution in [-0.4, -0.2) is 31.4 Å². The van der Waals surface area contributed by atoms with Gasteiger partial charge in [-0.25, -0.2) is 4.79 Å². The van der Waals surface area contributed by atoms with E-state index in [4.69, 9.17) is 14.2 Å². The average molecular weight is 348 g/mol. The van der Waals surface area contributed by atoms with E-state index in [1.807, 2.05) is 6.92 Å². The summed E-state index contributed by atoms with van der Waals surface area (Å²) < 4.78 is 15.6. The van der Waals surface area contributed by atoms with Crippen molar-refractivity contribution in [2.75, 3.05) is 13.7 Å². The molecule has 7 nitrogen and oxygen atoms in total. The molecule has 1 aliphatic heterocycles.